The van der Waals surface area contributed by atoms with Crippen LogP contribution in [0, 0.1) is 0 Å². The van der Waals surface area contributed by atoms with E-state index in [1.54, 1.807) is 0 Å². The van der Waals surface area contributed by atoms with Crippen molar-refractivity contribution in [3.05, 3.63) is 90.1 Å². The minimum absolute atomic E-state index is 0.708. The number of nitrogens with two attached hydrogens (primary N) is 1. The molecule has 24 heavy (non-hydrogen) atoms. The molecular formula is C20H18N4. The zero-order chi connectivity index (χ0) is 16.4. The normalized spacial score (nSPS) is 11.0. The minimum Gasteiger partial charge on any atom is -0.399 e. The molecule has 2 N–H and O–H groups in total. The van der Waals surface area contributed by atoms with Crippen LogP contribution in [0.3, 0.4) is 0 Å². The minimum atomic E-state index is 0.708. The Morgan fingerprint density at radius 3 is 2.79 bits per heavy atom. The van der Waals surface area contributed by atoms with E-state index in [4.69, 9.17) is 10.7 Å². The third-order valence-electron chi connectivity index (χ3n) is 4.10. The number of rotatable bonds is 4. The summed E-state index contributed by atoms with van der Waals surface area (Å²) in [5.41, 5.74) is 9.86. The zero-order valence-electron chi connectivity index (χ0n) is 13.3. The van der Waals surface area contributed by atoms with Crippen molar-refractivity contribution in [1.82, 2.24) is 14.5 Å². The van der Waals surface area contributed by atoms with E-state index < -0.39 is 0 Å². The van der Waals surface area contributed by atoms with E-state index in [0.717, 1.165) is 34.7 Å². The van der Waals surface area contributed by atoms with Gasteiger partial charge >= 0.3 is 0 Å². The molecule has 0 fully saturated rings. The summed E-state index contributed by atoms with van der Waals surface area (Å²) in [5.74, 6) is 1.00. The molecule has 0 bridgehead atoms. The largest absolute Gasteiger partial charge is 0.399 e. The molecule has 0 radical (unpaired) electrons. The SMILES string of the molecule is Nc1cccc(Cn2ccnc2Cc2ccc3ccccc3n2)c1. The average Bonchev–Trinajstić information content (AvgIpc) is 3.01. The monoisotopic (exact) mass is 314 g/mol. The lowest BCUT2D eigenvalue weighted by Crippen LogP contribution is -2.06. The quantitative estimate of drug-likeness (QED) is 0.585. The van der Waals surface area contributed by atoms with Crippen LogP contribution in [0.25, 0.3) is 10.9 Å². The molecule has 0 saturated carbocycles. The molecule has 0 aliphatic heterocycles. The van der Waals surface area contributed by atoms with Gasteiger partial charge in [0.2, 0.25) is 0 Å². The first-order valence-electron chi connectivity index (χ1n) is 7.97. The number of nitrogen functional groups attached to an aromatic ring is 1. The number of fused-ring (bicyclic) bond motifs is 1. The van der Waals surface area contributed by atoms with Crippen LogP contribution in [0.4, 0.5) is 5.69 Å². The third-order valence-corrected chi connectivity index (χ3v) is 4.10. The maximum absolute atomic E-state index is 5.87. The van der Waals surface area contributed by atoms with Crippen LogP contribution < -0.4 is 5.73 Å². The standard InChI is InChI=1S/C20H18N4/c21-17-6-3-4-15(12-17)14-24-11-10-22-20(24)13-18-9-8-16-5-1-2-7-19(16)23-18/h1-12H,13-14,21H2. The molecule has 4 aromatic rings. The van der Waals surface area contributed by atoms with Crippen LogP contribution in [0.1, 0.15) is 17.1 Å². The van der Waals surface area contributed by atoms with E-state index in [0.29, 0.717) is 6.42 Å². The molecule has 2 aromatic heterocycles. The van der Waals surface area contributed by atoms with E-state index in [9.17, 15) is 0 Å². The molecule has 4 rings (SSSR count). The second-order valence-electron chi connectivity index (χ2n) is 5.89. The molecule has 0 amide bonds. The van der Waals surface area contributed by atoms with Crippen LogP contribution in [0.5, 0.6) is 0 Å². The van der Waals surface area contributed by atoms with Crippen LogP contribution in [0.2, 0.25) is 0 Å². The highest BCUT2D eigenvalue weighted by atomic mass is 15.1. The number of aromatic nitrogens is 3. The fourth-order valence-electron chi connectivity index (χ4n) is 2.91. The summed E-state index contributed by atoms with van der Waals surface area (Å²) in [6.07, 6.45) is 4.54. The second-order valence-corrected chi connectivity index (χ2v) is 5.89. The fraction of sp³-hybridized carbons (Fsp3) is 0.100. The number of nitrogens with zero attached hydrogens (tertiary/aromatic N) is 3. The highest BCUT2D eigenvalue weighted by molar-refractivity contribution is 5.78. The van der Waals surface area contributed by atoms with Gasteiger partial charge in [0.05, 0.1) is 5.52 Å². The number of hydrogen-bond donors (Lipinski definition) is 1. The van der Waals surface area contributed by atoms with Crippen LogP contribution >= 0.6 is 0 Å². The maximum atomic E-state index is 5.87. The lowest BCUT2D eigenvalue weighted by Gasteiger charge is -2.09. The van der Waals surface area contributed by atoms with Crippen molar-refractivity contribution in [3.63, 3.8) is 0 Å². The molecule has 2 aromatic carbocycles. The molecule has 0 aliphatic rings. The molecule has 0 spiro atoms. The topological polar surface area (TPSA) is 56.7 Å². The van der Waals surface area contributed by atoms with Crippen LogP contribution in [0.15, 0.2) is 73.1 Å². The Bertz CT molecular complexity index is 988. The van der Waals surface area contributed by atoms with Gasteiger partial charge in [0.15, 0.2) is 0 Å². The number of hydrogen-bond acceptors (Lipinski definition) is 3. The Labute approximate surface area is 140 Å². The van der Waals surface area contributed by atoms with Crippen molar-refractivity contribution in [2.24, 2.45) is 0 Å². The lowest BCUT2D eigenvalue weighted by molar-refractivity contribution is 0.736. The van der Waals surface area contributed by atoms with E-state index >= 15 is 0 Å². The molecular weight excluding hydrogens is 296 g/mol. The van der Waals surface area contributed by atoms with E-state index in [2.05, 4.69) is 33.8 Å². The van der Waals surface area contributed by atoms with Crippen molar-refractivity contribution >= 4 is 16.6 Å². The third kappa shape index (κ3) is 2.99. The average molecular weight is 314 g/mol. The Morgan fingerprint density at radius 1 is 0.958 bits per heavy atom. The first kappa shape index (κ1) is 14.5. The van der Waals surface area contributed by atoms with Gasteiger partial charge in [0.25, 0.3) is 0 Å². The number of pyridine rings is 1. The molecule has 4 heteroatoms. The van der Waals surface area contributed by atoms with Gasteiger partial charge in [-0.15, -0.1) is 0 Å². The molecule has 0 saturated heterocycles. The number of imidazole rings is 1. The summed E-state index contributed by atoms with van der Waals surface area (Å²) in [4.78, 5) is 9.24. The van der Waals surface area contributed by atoms with Crippen molar-refractivity contribution < 1.29 is 0 Å². The number of para-hydroxylation sites is 1. The Balaban J connectivity index is 1.59. The zero-order valence-corrected chi connectivity index (χ0v) is 13.3. The van der Waals surface area contributed by atoms with Crippen molar-refractivity contribution in [2.45, 2.75) is 13.0 Å². The van der Waals surface area contributed by atoms with E-state index in [1.165, 1.54) is 5.56 Å². The molecule has 0 atom stereocenters. The Morgan fingerprint density at radius 2 is 1.88 bits per heavy atom. The Kier molecular flexibility index (Phi) is 3.71. The molecule has 0 aliphatic carbocycles. The molecule has 2 heterocycles. The first-order chi connectivity index (χ1) is 11.8. The van der Waals surface area contributed by atoms with E-state index in [1.807, 2.05) is 48.8 Å². The fourth-order valence-corrected chi connectivity index (χ4v) is 2.91. The smallest absolute Gasteiger partial charge is 0.114 e. The highest BCUT2D eigenvalue weighted by Gasteiger charge is 2.07. The van der Waals surface area contributed by atoms with Crippen molar-refractivity contribution in [1.29, 1.82) is 0 Å². The van der Waals surface area contributed by atoms with Gasteiger partial charge in [-0.25, -0.2) is 4.98 Å². The second kappa shape index (κ2) is 6.16. The van der Waals surface area contributed by atoms with Crippen LogP contribution in [-0.4, -0.2) is 14.5 Å². The predicted octanol–water partition coefficient (Wildman–Crippen LogP) is 3.65. The summed E-state index contributed by atoms with van der Waals surface area (Å²) in [7, 11) is 0. The van der Waals surface area contributed by atoms with Gasteiger partial charge in [-0.05, 0) is 29.8 Å². The number of benzene rings is 2. The summed E-state index contributed by atoms with van der Waals surface area (Å²) in [6.45, 7) is 0.758. The lowest BCUT2D eigenvalue weighted by atomic mass is 10.1. The summed E-state index contributed by atoms with van der Waals surface area (Å²) in [5, 5.41) is 1.16. The van der Waals surface area contributed by atoms with Gasteiger partial charge in [-0.1, -0.05) is 36.4 Å². The van der Waals surface area contributed by atoms with E-state index in [-0.39, 0.29) is 0 Å². The van der Waals surface area contributed by atoms with Gasteiger partial charge in [-0.3, -0.25) is 4.98 Å². The first-order valence-corrected chi connectivity index (χ1v) is 7.97. The van der Waals surface area contributed by atoms with Gasteiger partial charge < -0.3 is 10.3 Å². The van der Waals surface area contributed by atoms with Gasteiger partial charge in [0, 0.05) is 42.1 Å². The summed E-state index contributed by atoms with van der Waals surface area (Å²) in [6, 6.07) is 20.3. The van der Waals surface area contributed by atoms with Gasteiger partial charge in [-0.2, -0.15) is 0 Å². The summed E-state index contributed by atoms with van der Waals surface area (Å²) < 4.78 is 2.14. The van der Waals surface area contributed by atoms with Crippen molar-refractivity contribution in [3.8, 4) is 0 Å². The van der Waals surface area contributed by atoms with Crippen LogP contribution in [-0.2, 0) is 13.0 Å². The predicted molar refractivity (Wildman–Crippen MR) is 96.7 cm³/mol. The molecule has 0 unspecified atom stereocenters. The van der Waals surface area contributed by atoms with Gasteiger partial charge in [0.1, 0.15) is 5.82 Å². The number of anilines is 1. The summed E-state index contributed by atoms with van der Waals surface area (Å²) >= 11 is 0. The maximum Gasteiger partial charge on any atom is 0.114 e. The molecule has 4 nitrogen and oxygen atoms in total. The highest BCUT2D eigenvalue weighted by Crippen LogP contribution is 2.15. The van der Waals surface area contributed by atoms with Crippen molar-refractivity contribution in [2.75, 3.05) is 5.73 Å². The Hall–Kier alpha value is -3.14. The molecule has 118 valence electrons.